The molecule has 0 radical (unpaired) electrons. The molecule has 0 aliphatic rings. The van der Waals surface area contributed by atoms with Crippen LogP contribution in [0, 0.1) is 11.3 Å². The van der Waals surface area contributed by atoms with E-state index in [2.05, 4.69) is 15.7 Å². The number of aromatic nitrogens is 2. The number of urea groups is 1. The Kier molecular flexibility index (Phi) is 5.73. The number of anilines is 1. The summed E-state index contributed by atoms with van der Waals surface area (Å²) >= 11 is 0. The van der Waals surface area contributed by atoms with Crippen molar-refractivity contribution in [3.8, 4) is 6.07 Å². The van der Waals surface area contributed by atoms with Crippen molar-refractivity contribution in [1.82, 2.24) is 15.1 Å². The topological polar surface area (TPSA) is 103 Å². The first-order valence-corrected chi connectivity index (χ1v) is 7.04. The molecule has 0 bridgehead atoms. The molecule has 1 unspecified atom stereocenters. The molecule has 0 spiro atoms. The standard InChI is InChI=1S/C14H23N5O2/c1-5-6-14(4,9-20)17-13(21)16-12-11(7-15)8-19(18-12)10(2)3/h8,10,20H,5-6,9H2,1-4H3,(H2,16,17,18,21). The Balaban J connectivity index is 2.81. The molecule has 1 aromatic heterocycles. The van der Waals surface area contributed by atoms with E-state index in [4.69, 9.17) is 5.26 Å². The van der Waals surface area contributed by atoms with Gasteiger partial charge >= 0.3 is 6.03 Å². The molecule has 0 aromatic carbocycles. The largest absolute Gasteiger partial charge is 0.394 e. The molecular weight excluding hydrogens is 270 g/mol. The van der Waals surface area contributed by atoms with Crippen molar-refractivity contribution in [2.45, 2.75) is 52.1 Å². The van der Waals surface area contributed by atoms with Crippen LogP contribution in [0.2, 0.25) is 0 Å². The maximum absolute atomic E-state index is 12.0. The first-order valence-electron chi connectivity index (χ1n) is 7.04. The van der Waals surface area contributed by atoms with Crippen molar-refractivity contribution in [2.75, 3.05) is 11.9 Å². The maximum atomic E-state index is 12.0. The number of carbonyl (C=O) groups is 1. The van der Waals surface area contributed by atoms with E-state index >= 15 is 0 Å². The smallest absolute Gasteiger partial charge is 0.320 e. The lowest BCUT2D eigenvalue weighted by atomic mass is 9.98. The van der Waals surface area contributed by atoms with Crippen LogP contribution in [0.5, 0.6) is 0 Å². The lowest BCUT2D eigenvalue weighted by molar-refractivity contribution is 0.167. The summed E-state index contributed by atoms with van der Waals surface area (Å²) in [6.07, 6.45) is 3.09. The zero-order valence-corrected chi connectivity index (χ0v) is 13.0. The van der Waals surface area contributed by atoms with Gasteiger partial charge in [-0.05, 0) is 27.2 Å². The number of aliphatic hydroxyl groups excluding tert-OH is 1. The van der Waals surface area contributed by atoms with Crippen LogP contribution in [0.25, 0.3) is 0 Å². The van der Waals surface area contributed by atoms with Crippen LogP contribution in [0.1, 0.15) is 52.1 Å². The van der Waals surface area contributed by atoms with Gasteiger partial charge < -0.3 is 10.4 Å². The van der Waals surface area contributed by atoms with Crippen LogP contribution in [0.3, 0.4) is 0 Å². The molecule has 21 heavy (non-hydrogen) atoms. The number of hydrogen-bond donors (Lipinski definition) is 3. The summed E-state index contributed by atoms with van der Waals surface area (Å²) in [6.45, 7) is 7.46. The maximum Gasteiger partial charge on any atom is 0.320 e. The Morgan fingerprint density at radius 1 is 1.62 bits per heavy atom. The van der Waals surface area contributed by atoms with Crippen molar-refractivity contribution >= 4 is 11.8 Å². The van der Waals surface area contributed by atoms with Gasteiger partial charge in [-0.2, -0.15) is 10.4 Å². The van der Waals surface area contributed by atoms with Crippen LogP contribution in [0.4, 0.5) is 10.6 Å². The molecule has 116 valence electrons. The summed E-state index contributed by atoms with van der Waals surface area (Å²) in [7, 11) is 0. The Bertz CT molecular complexity index is 532. The second-order valence-electron chi connectivity index (χ2n) is 5.62. The number of amides is 2. The highest BCUT2D eigenvalue weighted by Crippen LogP contribution is 2.16. The Morgan fingerprint density at radius 2 is 2.29 bits per heavy atom. The molecule has 0 aliphatic carbocycles. The summed E-state index contributed by atoms with van der Waals surface area (Å²) < 4.78 is 1.62. The second kappa shape index (κ2) is 7.09. The fourth-order valence-electron chi connectivity index (χ4n) is 1.98. The highest BCUT2D eigenvalue weighted by Gasteiger charge is 2.25. The minimum absolute atomic E-state index is 0.0958. The molecule has 7 nitrogen and oxygen atoms in total. The first kappa shape index (κ1) is 17.0. The SMILES string of the molecule is CCCC(C)(CO)NC(=O)Nc1nn(C(C)C)cc1C#N. The van der Waals surface area contributed by atoms with Crippen molar-refractivity contribution < 1.29 is 9.90 Å². The molecule has 2 amide bonds. The van der Waals surface area contributed by atoms with E-state index in [-0.39, 0.29) is 18.5 Å². The lowest BCUT2D eigenvalue weighted by Gasteiger charge is -2.28. The molecule has 0 fully saturated rings. The molecular formula is C14H23N5O2. The van der Waals surface area contributed by atoms with Gasteiger partial charge in [-0.15, -0.1) is 0 Å². The van der Waals surface area contributed by atoms with Gasteiger partial charge in [0.15, 0.2) is 5.82 Å². The predicted molar refractivity (Wildman–Crippen MR) is 79.9 cm³/mol. The van der Waals surface area contributed by atoms with Crippen LogP contribution >= 0.6 is 0 Å². The quantitative estimate of drug-likeness (QED) is 0.746. The Morgan fingerprint density at radius 3 is 2.76 bits per heavy atom. The summed E-state index contributed by atoms with van der Waals surface area (Å²) in [5, 5.41) is 27.9. The third-order valence-corrected chi connectivity index (χ3v) is 3.18. The highest BCUT2D eigenvalue weighted by atomic mass is 16.3. The lowest BCUT2D eigenvalue weighted by Crippen LogP contribution is -2.50. The molecule has 3 N–H and O–H groups in total. The third kappa shape index (κ3) is 4.46. The Labute approximate surface area is 125 Å². The summed E-state index contributed by atoms with van der Waals surface area (Å²) in [4.78, 5) is 12.0. The molecule has 1 aromatic rings. The molecule has 1 rings (SSSR count). The van der Waals surface area contributed by atoms with E-state index in [0.29, 0.717) is 12.0 Å². The van der Waals surface area contributed by atoms with Crippen LogP contribution in [-0.4, -0.2) is 33.1 Å². The Hall–Kier alpha value is -2.07. The third-order valence-electron chi connectivity index (χ3n) is 3.18. The summed E-state index contributed by atoms with van der Waals surface area (Å²) in [5.74, 6) is 0.223. The van der Waals surface area contributed by atoms with E-state index in [0.717, 1.165) is 6.42 Å². The van der Waals surface area contributed by atoms with E-state index < -0.39 is 11.6 Å². The van der Waals surface area contributed by atoms with Gasteiger partial charge in [0.1, 0.15) is 11.6 Å². The van der Waals surface area contributed by atoms with Gasteiger partial charge in [0.2, 0.25) is 0 Å². The number of nitrogens with zero attached hydrogens (tertiary/aromatic N) is 3. The van der Waals surface area contributed by atoms with Crippen molar-refractivity contribution in [3.05, 3.63) is 11.8 Å². The first-order chi connectivity index (χ1) is 9.85. The minimum atomic E-state index is -0.688. The number of carbonyl (C=O) groups excluding carboxylic acids is 1. The van der Waals surface area contributed by atoms with Gasteiger partial charge in [-0.1, -0.05) is 13.3 Å². The van der Waals surface area contributed by atoms with E-state index in [9.17, 15) is 9.90 Å². The van der Waals surface area contributed by atoms with Crippen LogP contribution in [-0.2, 0) is 0 Å². The predicted octanol–water partition coefficient (Wildman–Crippen LogP) is 2.01. The van der Waals surface area contributed by atoms with E-state index in [1.54, 1.807) is 17.8 Å². The monoisotopic (exact) mass is 293 g/mol. The molecule has 1 heterocycles. The van der Waals surface area contributed by atoms with Crippen molar-refractivity contribution in [2.24, 2.45) is 0 Å². The van der Waals surface area contributed by atoms with E-state index in [1.807, 2.05) is 26.8 Å². The second-order valence-corrected chi connectivity index (χ2v) is 5.62. The zero-order valence-electron chi connectivity index (χ0n) is 13.0. The van der Waals surface area contributed by atoms with Gasteiger partial charge in [-0.3, -0.25) is 10.00 Å². The average Bonchev–Trinajstić information content (AvgIpc) is 2.82. The molecule has 0 saturated carbocycles. The van der Waals surface area contributed by atoms with Crippen LogP contribution < -0.4 is 10.6 Å². The van der Waals surface area contributed by atoms with Gasteiger partial charge in [0.05, 0.1) is 12.1 Å². The molecule has 7 heteroatoms. The van der Waals surface area contributed by atoms with Crippen LogP contribution in [0.15, 0.2) is 6.20 Å². The van der Waals surface area contributed by atoms with Gasteiger partial charge in [-0.25, -0.2) is 4.79 Å². The fraction of sp³-hybridized carbons (Fsp3) is 0.643. The van der Waals surface area contributed by atoms with Gasteiger partial charge in [0.25, 0.3) is 0 Å². The number of nitrogens with one attached hydrogen (secondary N) is 2. The number of rotatable bonds is 6. The fourth-order valence-corrected chi connectivity index (χ4v) is 1.98. The van der Waals surface area contributed by atoms with Crippen molar-refractivity contribution in [3.63, 3.8) is 0 Å². The molecule has 0 saturated heterocycles. The number of nitriles is 1. The van der Waals surface area contributed by atoms with E-state index in [1.165, 1.54) is 0 Å². The zero-order chi connectivity index (χ0) is 16.0. The molecule has 0 aliphatic heterocycles. The molecule has 1 atom stereocenters. The minimum Gasteiger partial charge on any atom is -0.394 e. The van der Waals surface area contributed by atoms with Crippen molar-refractivity contribution in [1.29, 1.82) is 5.26 Å². The summed E-state index contributed by atoms with van der Waals surface area (Å²) in [5.41, 5.74) is -0.383. The summed E-state index contributed by atoms with van der Waals surface area (Å²) in [6, 6.07) is 1.62. The van der Waals surface area contributed by atoms with Gasteiger partial charge in [0, 0.05) is 12.2 Å². The average molecular weight is 293 g/mol. The normalized spacial score (nSPS) is 13.6. The number of hydrogen-bond acceptors (Lipinski definition) is 4. The highest BCUT2D eigenvalue weighted by molar-refractivity contribution is 5.90. The number of aliphatic hydroxyl groups is 1.